The number of aromatic nitrogens is 2. The number of hydrogen-bond donors (Lipinski definition) is 2. The Balaban J connectivity index is 2.41. The number of β-amino-alcohol motifs (C(OH)–C–C–N with tert-alkyl or cyclic N) is 1. The van der Waals surface area contributed by atoms with Crippen molar-refractivity contribution in [3.63, 3.8) is 0 Å². The molecule has 0 aromatic carbocycles. The summed E-state index contributed by atoms with van der Waals surface area (Å²) in [5.41, 5.74) is 8.68. The predicted octanol–water partition coefficient (Wildman–Crippen LogP) is 1.41. The first kappa shape index (κ1) is 15.2. The molecule has 1 aromatic rings. The van der Waals surface area contributed by atoms with Gasteiger partial charge in [-0.15, -0.1) is 5.10 Å². The first-order valence-electron chi connectivity index (χ1n) is 7.57. The minimum absolute atomic E-state index is 0.472. The summed E-state index contributed by atoms with van der Waals surface area (Å²) in [4.78, 5) is 2.14. The third-order valence-corrected chi connectivity index (χ3v) is 4.11. The van der Waals surface area contributed by atoms with Crippen LogP contribution in [0.5, 0.6) is 0 Å². The van der Waals surface area contributed by atoms with Crippen LogP contribution in [-0.4, -0.2) is 34.0 Å². The van der Waals surface area contributed by atoms with Gasteiger partial charge in [0.1, 0.15) is 0 Å². The lowest BCUT2D eigenvalue weighted by molar-refractivity contribution is 0.0446. The highest BCUT2D eigenvalue weighted by Crippen LogP contribution is 2.29. The molecular formula is C15H26N4O. The van der Waals surface area contributed by atoms with Crippen LogP contribution in [-0.2, 0) is 19.4 Å². The second-order valence-corrected chi connectivity index (χ2v) is 5.86. The van der Waals surface area contributed by atoms with E-state index in [1.807, 2.05) is 6.92 Å². The van der Waals surface area contributed by atoms with Gasteiger partial charge >= 0.3 is 0 Å². The Morgan fingerprint density at radius 1 is 1.25 bits per heavy atom. The SMILES string of the molecule is CCc1nnc(N2CCCC(C)(O)C2)c(CN)c1CC. The fraction of sp³-hybridized carbons (Fsp3) is 0.733. The fourth-order valence-corrected chi connectivity index (χ4v) is 3.11. The van der Waals surface area contributed by atoms with Crippen molar-refractivity contribution in [3.8, 4) is 0 Å². The molecule has 3 N–H and O–H groups in total. The zero-order valence-electron chi connectivity index (χ0n) is 12.8. The van der Waals surface area contributed by atoms with Crippen molar-refractivity contribution in [1.82, 2.24) is 10.2 Å². The predicted molar refractivity (Wildman–Crippen MR) is 80.8 cm³/mol. The minimum atomic E-state index is -0.651. The van der Waals surface area contributed by atoms with Crippen molar-refractivity contribution in [1.29, 1.82) is 0 Å². The highest BCUT2D eigenvalue weighted by molar-refractivity contribution is 5.52. The average Bonchev–Trinajstić information content (AvgIpc) is 2.44. The van der Waals surface area contributed by atoms with E-state index in [2.05, 4.69) is 28.9 Å². The molecule has 1 aliphatic heterocycles. The lowest BCUT2D eigenvalue weighted by atomic mass is 9.94. The summed E-state index contributed by atoms with van der Waals surface area (Å²) in [6, 6.07) is 0. The Morgan fingerprint density at radius 2 is 2.00 bits per heavy atom. The van der Waals surface area contributed by atoms with Crippen LogP contribution >= 0.6 is 0 Å². The summed E-state index contributed by atoms with van der Waals surface area (Å²) >= 11 is 0. The van der Waals surface area contributed by atoms with Gasteiger partial charge < -0.3 is 15.7 Å². The molecule has 112 valence electrons. The number of nitrogens with zero attached hydrogens (tertiary/aromatic N) is 3. The van der Waals surface area contributed by atoms with Crippen molar-refractivity contribution in [2.24, 2.45) is 5.73 Å². The topological polar surface area (TPSA) is 75.3 Å². The zero-order valence-corrected chi connectivity index (χ0v) is 12.8. The minimum Gasteiger partial charge on any atom is -0.388 e. The highest BCUT2D eigenvalue weighted by atomic mass is 16.3. The van der Waals surface area contributed by atoms with E-state index in [0.29, 0.717) is 13.1 Å². The summed E-state index contributed by atoms with van der Waals surface area (Å²) in [6.45, 7) is 8.09. The van der Waals surface area contributed by atoms with Gasteiger partial charge in [0, 0.05) is 25.2 Å². The number of aliphatic hydroxyl groups is 1. The van der Waals surface area contributed by atoms with Crippen molar-refractivity contribution in [2.75, 3.05) is 18.0 Å². The van der Waals surface area contributed by atoms with Crippen LogP contribution in [0.2, 0.25) is 0 Å². The summed E-state index contributed by atoms with van der Waals surface area (Å²) in [5, 5.41) is 19.0. The number of rotatable bonds is 4. The van der Waals surface area contributed by atoms with Crippen LogP contribution in [0, 0.1) is 0 Å². The molecule has 5 heteroatoms. The van der Waals surface area contributed by atoms with Gasteiger partial charge in [0.05, 0.1) is 11.3 Å². The fourth-order valence-electron chi connectivity index (χ4n) is 3.11. The molecule has 20 heavy (non-hydrogen) atoms. The van der Waals surface area contributed by atoms with E-state index < -0.39 is 5.60 Å². The maximum Gasteiger partial charge on any atom is 0.156 e. The Hall–Kier alpha value is -1.20. The second-order valence-electron chi connectivity index (χ2n) is 5.86. The molecule has 2 heterocycles. The van der Waals surface area contributed by atoms with E-state index in [4.69, 9.17) is 5.73 Å². The molecule has 1 fully saturated rings. The number of nitrogens with two attached hydrogens (primary N) is 1. The largest absolute Gasteiger partial charge is 0.388 e. The summed E-state index contributed by atoms with van der Waals surface area (Å²) in [7, 11) is 0. The van der Waals surface area contributed by atoms with Crippen LogP contribution in [0.3, 0.4) is 0 Å². The third-order valence-electron chi connectivity index (χ3n) is 4.11. The number of piperidine rings is 1. The lowest BCUT2D eigenvalue weighted by Gasteiger charge is -2.38. The molecular weight excluding hydrogens is 252 g/mol. The normalized spacial score (nSPS) is 23.1. The molecule has 0 saturated carbocycles. The number of anilines is 1. The van der Waals surface area contributed by atoms with Gasteiger partial charge in [-0.2, -0.15) is 5.10 Å². The lowest BCUT2D eigenvalue weighted by Crippen LogP contribution is -2.47. The van der Waals surface area contributed by atoms with Crippen molar-refractivity contribution < 1.29 is 5.11 Å². The van der Waals surface area contributed by atoms with Gasteiger partial charge in [-0.05, 0) is 38.2 Å². The van der Waals surface area contributed by atoms with Crippen molar-refractivity contribution >= 4 is 5.82 Å². The van der Waals surface area contributed by atoms with Crippen LogP contribution in [0.1, 0.15) is 50.4 Å². The molecule has 0 amide bonds. The molecule has 0 radical (unpaired) electrons. The monoisotopic (exact) mass is 278 g/mol. The van der Waals surface area contributed by atoms with E-state index in [9.17, 15) is 5.11 Å². The first-order valence-corrected chi connectivity index (χ1v) is 7.57. The Bertz CT molecular complexity index is 473. The number of hydrogen-bond acceptors (Lipinski definition) is 5. The standard InChI is InChI=1S/C15H26N4O/c1-4-11-12(9-16)14(18-17-13(11)5-2)19-8-6-7-15(3,20)10-19/h20H,4-10,16H2,1-3H3. The molecule has 1 saturated heterocycles. The average molecular weight is 278 g/mol. The molecule has 1 atom stereocenters. The van der Waals surface area contributed by atoms with Crippen molar-refractivity contribution in [2.45, 2.75) is 58.6 Å². The molecule has 1 unspecified atom stereocenters. The molecule has 1 aromatic heterocycles. The van der Waals surface area contributed by atoms with Gasteiger partial charge in [-0.1, -0.05) is 13.8 Å². The van der Waals surface area contributed by atoms with E-state index >= 15 is 0 Å². The molecule has 0 bridgehead atoms. The van der Waals surface area contributed by atoms with Gasteiger partial charge in [-0.3, -0.25) is 0 Å². The van der Waals surface area contributed by atoms with E-state index in [0.717, 1.165) is 49.3 Å². The maximum atomic E-state index is 10.3. The molecule has 0 spiro atoms. The second kappa shape index (κ2) is 6.06. The van der Waals surface area contributed by atoms with E-state index in [1.54, 1.807) is 0 Å². The number of aryl methyl sites for hydroxylation is 1. The smallest absolute Gasteiger partial charge is 0.156 e. The van der Waals surface area contributed by atoms with Crippen LogP contribution in [0.15, 0.2) is 0 Å². The summed E-state index contributed by atoms with van der Waals surface area (Å²) < 4.78 is 0. The van der Waals surface area contributed by atoms with E-state index in [-0.39, 0.29) is 0 Å². The van der Waals surface area contributed by atoms with Gasteiger partial charge in [0.15, 0.2) is 5.82 Å². The molecule has 2 rings (SSSR count). The summed E-state index contributed by atoms with van der Waals surface area (Å²) in [6.07, 6.45) is 3.60. The third kappa shape index (κ3) is 2.94. The van der Waals surface area contributed by atoms with Crippen LogP contribution in [0.4, 0.5) is 5.82 Å². The van der Waals surface area contributed by atoms with E-state index in [1.165, 1.54) is 5.56 Å². The van der Waals surface area contributed by atoms with Gasteiger partial charge in [0.2, 0.25) is 0 Å². The van der Waals surface area contributed by atoms with Crippen molar-refractivity contribution in [3.05, 3.63) is 16.8 Å². The molecule has 0 aliphatic carbocycles. The molecule has 1 aliphatic rings. The first-order chi connectivity index (χ1) is 9.52. The highest BCUT2D eigenvalue weighted by Gasteiger charge is 2.30. The zero-order chi connectivity index (χ0) is 14.8. The quantitative estimate of drug-likeness (QED) is 0.871. The van der Waals surface area contributed by atoms with Gasteiger partial charge in [0.25, 0.3) is 0 Å². The Labute approximate surface area is 121 Å². The Morgan fingerprint density at radius 3 is 2.55 bits per heavy atom. The Kier molecular flexibility index (Phi) is 4.60. The summed E-state index contributed by atoms with van der Waals surface area (Å²) in [5.74, 6) is 0.863. The van der Waals surface area contributed by atoms with Gasteiger partial charge in [-0.25, -0.2) is 0 Å². The maximum absolute atomic E-state index is 10.3. The van der Waals surface area contributed by atoms with Crippen LogP contribution in [0.25, 0.3) is 0 Å². The molecule has 5 nitrogen and oxygen atoms in total. The van der Waals surface area contributed by atoms with Crippen LogP contribution < -0.4 is 10.6 Å².